The Balaban J connectivity index is 0.886. The van der Waals surface area contributed by atoms with Crippen molar-refractivity contribution in [1.82, 2.24) is 9.97 Å². The first kappa shape index (κ1) is 39.1. The molecule has 1 fully saturated rings. The van der Waals surface area contributed by atoms with E-state index in [0.717, 1.165) is 49.8 Å². The minimum atomic E-state index is -0.00277. The summed E-state index contributed by atoms with van der Waals surface area (Å²) < 4.78 is 0. The Bertz CT molecular complexity index is 3880. The fourth-order valence-electron chi connectivity index (χ4n) is 11.2. The summed E-state index contributed by atoms with van der Waals surface area (Å²) in [4.78, 5) is 12.2. The average Bonchev–Trinajstić information content (AvgIpc) is 3.96. The molecule has 0 bridgehead atoms. The largest absolute Gasteiger partial charge is 0.252 e. The summed E-state index contributed by atoms with van der Waals surface area (Å²) in [5.74, 6) is 0.507. The van der Waals surface area contributed by atoms with Gasteiger partial charge in [-0.3, -0.25) is 4.98 Å². The summed E-state index contributed by atoms with van der Waals surface area (Å²) in [5.41, 5.74) is 19.8. The van der Waals surface area contributed by atoms with Crippen molar-refractivity contribution in [2.45, 2.75) is 15.6 Å². The van der Waals surface area contributed by atoms with Crippen LogP contribution in [0.1, 0.15) is 11.1 Å². The Kier molecular flexibility index (Phi) is 8.90. The summed E-state index contributed by atoms with van der Waals surface area (Å²) in [5, 5.41) is 5.04. The summed E-state index contributed by atoms with van der Waals surface area (Å²) in [6.45, 7) is 0. The SMILES string of the molecule is C1=CC2C3Sc4c(-c5cccc(-c6cccc(-c7cnc8c9cc(-c%10ccccc%10)ccc9c9ccc(-c%10ccccc%10)cc9c8n7)c6)c5)cc(-c5ccccc5)cc4C23C=C1c1ccccc1. The first-order valence-electron chi connectivity index (χ1n) is 23.5. The van der Waals surface area contributed by atoms with Crippen molar-refractivity contribution < 1.29 is 0 Å². The van der Waals surface area contributed by atoms with Gasteiger partial charge in [-0.1, -0.05) is 200 Å². The van der Waals surface area contributed by atoms with Gasteiger partial charge in [0.1, 0.15) is 0 Å². The summed E-state index contributed by atoms with van der Waals surface area (Å²) in [7, 11) is 0. The van der Waals surface area contributed by atoms with Crippen LogP contribution in [0.2, 0.25) is 0 Å². The van der Waals surface area contributed by atoms with Crippen LogP contribution in [0, 0.1) is 5.92 Å². The van der Waals surface area contributed by atoms with Crippen LogP contribution in [-0.2, 0) is 5.41 Å². The smallest absolute Gasteiger partial charge is 0.0979 e. The molecule has 3 unspecified atom stereocenters. The molecule has 0 N–H and O–H groups in total. The number of hydrogen-bond acceptors (Lipinski definition) is 3. The van der Waals surface area contributed by atoms with Gasteiger partial charge >= 0.3 is 0 Å². The Morgan fingerprint density at radius 1 is 0.397 bits per heavy atom. The number of thioether (sulfide) groups is 1. The monoisotopic (exact) mass is 882 g/mol. The van der Waals surface area contributed by atoms with Crippen molar-refractivity contribution in [1.29, 1.82) is 0 Å². The molecule has 3 aliphatic rings. The van der Waals surface area contributed by atoms with Gasteiger partial charge in [0.25, 0.3) is 0 Å². The van der Waals surface area contributed by atoms with Gasteiger partial charge < -0.3 is 0 Å². The van der Waals surface area contributed by atoms with Gasteiger partial charge in [-0.2, -0.15) is 0 Å². The van der Waals surface area contributed by atoms with Crippen LogP contribution >= 0.6 is 11.8 Å². The fourth-order valence-corrected chi connectivity index (χ4v) is 13.0. The molecule has 0 saturated heterocycles. The van der Waals surface area contributed by atoms with Crippen molar-refractivity contribution in [3.8, 4) is 66.9 Å². The van der Waals surface area contributed by atoms with Crippen LogP contribution in [0.5, 0.6) is 0 Å². The molecule has 2 heterocycles. The normalized spacial score (nSPS) is 17.7. The van der Waals surface area contributed by atoms with Crippen LogP contribution in [0.25, 0.3) is 105 Å². The van der Waals surface area contributed by atoms with Gasteiger partial charge in [0, 0.05) is 37.8 Å². The van der Waals surface area contributed by atoms with Crippen molar-refractivity contribution in [3.63, 3.8) is 0 Å². The average molecular weight is 883 g/mol. The molecule has 3 heteroatoms. The lowest BCUT2D eigenvalue weighted by atomic mass is 9.83. The number of benzene rings is 10. The Hall–Kier alpha value is -8.11. The van der Waals surface area contributed by atoms with E-state index in [1.54, 1.807) is 0 Å². The van der Waals surface area contributed by atoms with E-state index < -0.39 is 0 Å². The van der Waals surface area contributed by atoms with Gasteiger partial charge in [-0.15, -0.1) is 11.8 Å². The predicted molar refractivity (Wildman–Crippen MR) is 286 cm³/mol. The van der Waals surface area contributed by atoms with Gasteiger partial charge in [-0.25, -0.2) is 4.98 Å². The van der Waals surface area contributed by atoms with Gasteiger partial charge in [0.05, 0.1) is 22.9 Å². The molecular weight excluding hydrogens is 841 g/mol. The van der Waals surface area contributed by atoms with E-state index in [2.05, 4.69) is 248 Å². The van der Waals surface area contributed by atoms with Crippen LogP contribution in [0.4, 0.5) is 0 Å². The summed E-state index contributed by atoms with van der Waals surface area (Å²) in [6, 6.07) is 79.4. The highest BCUT2D eigenvalue weighted by atomic mass is 32.2. The maximum atomic E-state index is 5.53. The van der Waals surface area contributed by atoms with Crippen LogP contribution in [0.15, 0.2) is 248 Å². The first-order chi connectivity index (χ1) is 33.7. The van der Waals surface area contributed by atoms with Crippen LogP contribution < -0.4 is 0 Å². The molecule has 1 saturated carbocycles. The Morgan fingerprint density at radius 2 is 0.912 bits per heavy atom. The van der Waals surface area contributed by atoms with Crippen molar-refractivity contribution in [3.05, 3.63) is 254 Å². The van der Waals surface area contributed by atoms with Crippen molar-refractivity contribution in [2.24, 2.45) is 5.92 Å². The van der Waals surface area contributed by atoms with E-state index in [0.29, 0.717) is 11.2 Å². The molecule has 14 rings (SSSR count). The molecule has 1 spiro atoms. The third kappa shape index (κ3) is 6.27. The number of nitrogens with zero attached hydrogens (tertiary/aromatic N) is 2. The number of hydrogen-bond donors (Lipinski definition) is 0. The van der Waals surface area contributed by atoms with Crippen LogP contribution in [-0.4, -0.2) is 15.2 Å². The van der Waals surface area contributed by atoms with Gasteiger partial charge in [0.15, 0.2) is 0 Å². The topological polar surface area (TPSA) is 25.8 Å². The van der Waals surface area contributed by atoms with Gasteiger partial charge in [0.2, 0.25) is 0 Å². The number of rotatable bonds is 7. The zero-order valence-corrected chi connectivity index (χ0v) is 37.9. The zero-order chi connectivity index (χ0) is 44.8. The van der Waals surface area contributed by atoms with E-state index in [9.17, 15) is 0 Å². The highest BCUT2D eigenvalue weighted by molar-refractivity contribution is 8.00. The molecule has 1 aromatic heterocycles. The number of aromatic nitrogens is 2. The molecule has 1 aliphatic heterocycles. The van der Waals surface area contributed by atoms with Crippen molar-refractivity contribution in [2.75, 3.05) is 0 Å². The summed E-state index contributed by atoms with van der Waals surface area (Å²) in [6.07, 6.45) is 9.37. The van der Waals surface area contributed by atoms with E-state index in [-0.39, 0.29) is 5.41 Å². The third-order valence-corrected chi connectivity index (χ3v) is 16.2. The molecule has 0 radical (unpaired) electrons. The second kappa shape index (κ2) is 15.5. The fraction of sp³-hybridized carbons (Fsp3) is 0.0462. The minimum Gasteiger partial charge on any atom is -0.252 e. The predicted octanol–water partition coefficient (Wildman–Crippen LogP) is 16.9. The number of fused-ring (bicyclic) bond motifs is 8. The van der Waals surface area contributed by atoms with E-state index in [1.807, 2.05) is 6.20 Å². The Labute approximate surface area is 400 Å². The maximum Gasteiger partial charge on any atom is 0.0979 e. The lowest BCUT2D eigenvalue weighted by molar-refractivity contribution is 0.809. The quantitative estimate of drug-likeness (QED) is 0.149. The minimum absolute atomic E-state index is 0.00277. The standard InChI is InChI=1S/C65H42N2S/c1-5-15-41(16-6-1)47-27-30-53-54-31-28-48(42-17-7-2-8-18-42)36-57(54)62-61(56(53)35-47)66-40-60(67-62)50-26-14-24-46(34-50)45-23-13-25-49(33-45)55-37-52(44-21-11-4-12-22-44)38-59-63(55)68-64-58-32-29-51(39-65(58,59)64)43-19-9-3-10-20-43/h1-40,58,64H. The molecule has 2 aliphatic carbocycles. The van der Waals surface area contributed by atoms with Gasteiger partial charge in [-0.05, 0) is 120 Å². The molecule has 318 valence electrons. The lowest BCUT2D eigenvalue weighted by Crippen LogP contribution is -2.10. The van der Waals surface area contributed by atoms with Crippen LogP contribution in [0.3, 0.4) is 0 Å². The molecule has 0 amide bonds. The molecule has 68 heavy (non-hydrogen) atoms. The van der Waals surface area contributed by atoms with E-state index in [1.165, 1.54) is 71.3 Å². The van der Waals surface area contributed by atoms with E-state index in [4.69, 9.17) is 9.97 Å². The second-order valence-electron chi connectivity index (χ2n) is 18.5. The third-order valence-electron chi connectivity index (χ3n) is 14.6. The number of allylic oxidation sites excluding steroid dienone is 4. The molecular formula is C65H42N2S. The summed E-state index contributed by atoms with van der Waals surface area (Å²) >= 11 is 2.08. The zero-order valence-electron chi connectivity index (χ0n) is 37.1. The molecule has 10 aromatic carbocycles. The van der Waals surface area contributed by atoms with Crippen molar-refractivity contribution >= 4 is 49.9 Å². The molecule has 3 atom stereocenters. The lowest BCUT2D eigenvalue weighted by Gasteiger charge is -2.22. The highest BCUT2D eigenvalue weighted by Crippen LogP contribution is 2.73. The Morgan fingerprint density at radius 3 is 1.54 bits per heavy atom. The molecule has 11 aromatic rings. The highest BCUT2D eigenvalue weighted by Gasteiger charge is 2.69. The molecule has 2 nitrogen and oxygen atoms in total. The van der Waals surface area contributed by atoms with E-state index >= 15 is 0 Å². The maximum absolute atomic E-state index is 5.53. The second-order valence-corrected chi connectivity index (χ2v) is 19.6. The first-order valence-corrected chi connectivity index (χ1v) is 24.4.